The fraction of sp³-hybridized carbons (Fsp3) is 0.500. The molecule has 2 aromatic rings. The maximum absolute atomic E-state index is 13.0. The highest BCUT2D eigenvalue weighted by Crippen LogP contribution is 2.44. The number of hydrogen-bond donors (Lipinski definition) is 0. The first-order valence-corrected chi connectivity index (χ1v) is 13.5. The molecule has 2 aromatic carbocycles. The molecule has 0 spiro atoms. The largest absolute Gasteiger partial charge is 0.457 e. The van der Waals surface area contributed by atoms with Crippen LogP contribution in [0, 0.1) is 29.6 Å². The lowest BCUT2D eigenvalue weighted by atomic mass is 9.68. The van der Waals surface area contributed by atoms with E-state index in [0.29, 0.717) is 11.5 Å². The molecule has 0 aromatic heterocycles. The van der Waals surface area contributed by atoms with E-state index in [-0.39, 0.29) is 5.75 Å². The van der Waals surface area contributed by atoms with Crippen LogP contribution in [0.15, 0.2) is 61.2 Å². The van der Waals surface area contributed by atoms with Crippen LogP contribution in [0.3, 0.4) is 0 Å². The van der Waals surface area contributed by atoms with Crippen molar-refractivity contribution in [2.45, 2.75) is 82.7 Å². The Hall–Kier alpha value is -2.74. The summed E-state index contributed by atoms with van der Waals surface area (Å²) in [5, 5.41) is 0. The molecule has 1 nitrogen and oxygen atoms in total. The molecule has 0 N–H and O–H groups in total. The molecule has 0 bridgehead atoms. The van der Waals surface area contributed by atoms with Crippen LogP contribution in [-0.2, 0) is 0 Å². The standard InChI is InChI=1S/C32H36F4O/c1-2-3-4-23-7-13-26(14-8-23)28-17-19-29(20-18-28)27-15-9-24(10-16-27)5-6-25-11-21-30(22-12-25)37-31(33)32(34,35)36/h2,9-12,15-16,21-23,26,28-29,31H,1,3-4,7-8,13-14,17-20H2/t23-,26-,28-,29-,31?. The van der Waals surface area contributed by atoms with Gasteiger partial charge in [0.25, 0.3) is 0 Å². The van der Waals surface area contributed by atoms with E-state index >= 15 is 0 Å². The van der Waals surface area contributed by atoms with Gasteiger partial charge in [0.1, 0.15) is 5.75 Å². The number of allylic oxidation sites excluding steroid dienone is 1. The Bertz CT molecular complexity index is 1050. The molecular weight excluding hydrogens is 476 g/mol. The summed E-state index contributed by atoms with van der Waals surface area (Å²) in [5.41, 5.74) is 2.88. The lowest BCUT2D eigenvalue weighted by molar-refractivity contribution is -0.236. The molecule has 37 heavy (non-hydrogen) atoms. The van der Waals surface area contributed by atoms with Crippen molar-refractivity contribution in [3.05, 3.63) is 77.9 Å². The van der Waals surface area contributed by atoms with E-state index in [9.17, 15) is 17.6 Å². The van der Waals surface area contributed by atoms with Crippen LogP contribution in [0.5, 0.6) is 5.75 Å². The first-order chi connectivity index (χ1) is 17.8. The van der Waals surface area contributed by atoms with E-state index < -0.39 is 12.5 Å². The second-order valence-corrected chi connectivity index (χ2v) is 10.6. The summed E-state index contributed by atoms with van der Waals surface area (Å²) in [4.78, 5) is 0. The first-order valence-electron chi connectivity index (χ1n) is 13.5. The van der Waals surface area contributed by atoms with Gasteiger partial charge in [0, 0.05) is 11.1 Å². The Morgan fingerprint density at radius 1 is 0.811 bits per heavy atom. The van der Waals surface area contributed by atoms with Crippen molar-refractivity contribution in [1.82, 2.24) is 0 Å². The zero-order valence-corrected chi connectivity index (χ0v) is 21.3. The number of rotatable bonds is 7. The van der Waals surface area contributed by atoms with Crippen molar-refractivity contribution >= 4 is 0 Å². The van der Waals surface area contributed by atoms with Gasteiger partial charge >= 0.3 is 12.5 Å². The highest BCUT2D eigenvalue weighted by molar-refractivity contribution is 5.45. The molecule has 0 radical (unpaired) electrons. The van der Waals surface area contributed by atoms with Crippen molar-refractivity contribution in [3.8, 4) is 17.6 Å². The molecular formula is C32H36F4O. The molecule has 5 heteroatoms. The number of alkyl halides is 4. The minimum atomic E-state index is -5.05. The molecule has 1 unspecified atom stereocenters. The zero-order chi connectivity index (χ0) is 26.3. The minimum Gasteiger partial charge on any atom is -0.452 e. The fourth-order valence-corrected chi connectivity index (χ4v) is 6.01. The Morgan fingerprint density at radius 2 is 1.32 bits per heavy atom. The van der Waals surface area contributed by atoms with Crippen molar-refractivity contribution in [1.29, 1.82) is 0 Å². The van der Waals surface area contributed by atoms with Gasteiger partial charge in [0.05, 0.1) is 0 Å². The quantitative estimate of drug-likeness (QED) is 0.204. The smallest absolute Gasteiger partial charge is 0.452 e. The van der Waals surface area contributed by atoms with Crippen molar-refractivity contribution in [2.75, 3.05) is 0 Å². The summed E-state index contributed by atoms with van der Waals surface area (Å²) >= 11 is 0. The lowest BCUT2D eigenvalue weighted by Gasteiger charge is -2.38. The molecule has 0 aliphatic heterocycles. The second-order valence-electron chi connectivity index (χ2n) is 10.6. The van der Waals surface area contributed by atoms with E-state index in [0.717, 1.165) is 29.7 Å². The maximum atomic E-state index is 13.0. The van der Waals surface area contributed by atoms with Crippen LogP contribution in [0.2, 0.25) is 0 Å². The monoisotopic (exact) mass is 512 g/mol. The summed E-state index contributed by atoms with van der Waals surface area (Å²) in [6.45, 7) is 3.86. The lowest BCUT2D eigenvalue weighted by Crippen LogP contribution is -2.29. The third kappa shape index (κ3) is 7.87. The third-order valence-electron chi connectivity index (χ3n) is 8.19. The highest BCUT2D eigenvalue weighted by atomic mass is 19.4. The van der Waals surface area contributed by atoms with E-state index in [2.05, 4.69) is 41.4 Å². The average Bonchev–Trinajstić information content (AvgIpc) is 2.92. The zero-order valence-electron chi connectivity index (χ0n) is 21.3. The van der Waals surface area contributed by atoms with Crippen molar-refractivity contribution < 1.29 is 22.3 Å². The van der Waals surface area contributed by atoms with Crippen molar-refractivity contribution in [2.24, 2.45) is 17.8 Å². The number of halogens is 4. The van der Waals surface area contributed by atoms with Crippen LogP contribution >= 0.6 is 0 Å². The summed E-state index contributed by atoms with van der Waals surface area (Å²) in [5.74, 6) is 9.24. The van der Waals surface area contributed by atoms with Gasteiger partial charge in [-0.2, -0.15) is 17.6 Å². The van der Waals surface area contributed by atoms with Gasteiger partial charge in [-0.3, -0.25) is 0 Å². The summed E-state index contributed by atoms with van der Waals surface area (Å²) in [6.07, 6.45) is 6.93. The summed E-state index contributed by atoms with van der Waals surface area (Å²) in [6, 6.07) is 14.0. The van der Waals surface area contributed by atoms with E-state index in [4.69, 9.17) is 0 Å². The van der Waals surface area contributed by atoms with Gasteiger partial charge in [0.2, 0.25) is 0 Å². The SMILES string of the molecule is C=CCC[C@H]1CC[C@H]([C@H]2CC[C@H](c3ccc(C#Cc4ccc(OC(F)C(F)(F)F)cc4)cc3)CC2)CC1. The van der Waals surface area contributed by atoms with Crippen LogP contribution in [0.25, 0.3) is 0 Å². The molecule has 2 saturated carbocycles. The molecule has 0 saturated heterocycles. The van der Waals surface area contributed by atoms with E-state index in [1.54, 1.807) is 0 Å². The molecule has 0 amide bonds. The average molecular weight is 513 g/mol. The summed E-state index contributed by atoms with van der Waals surface area (Å²) in [7, 11) is 0. The van der Waals surface area contributed by atoms with Crippen LogP contribution in [0.4, 0.5) is 17.6 Å². The Morgan fingerprint density at radius 3 is 1.84 bits per heavy atom. The first kappa shape index (κ1) is 27.3. The van der Waals surface area contributed by atoms with Gasteiger partial charge in [0.15, 0.2) is 0 Å². The topological polar surface area (TPSA) is 9.23 Å². The van der Waals surface area contributed by atoms with E-state index in [1.807, 2.05) is 12.1 Å². The molecule has 2 fully saturated rings. The van der Waals surface area contributed by atoms with Crippen LogP contribution in [0.1, 0.15) is 86.8 Å². The van der Waals surface area contributed by atoms with E-state index in [1.165, 1.54) is 87.6 Å². The Balaban J connectivity index is 1.24. The van der Waals surface area contributed by atoms with Crippen molar-refractivity contribution in [3.63, 3.8) is 0 Å². The molecule has 2 aliphatic carbocycles. The molecule has 198 valence electrons. The van der Waals surface area contributed by atoms with Gasteiger partial charge < -0.3 is 4.74 Å². The van der Waals surface area contributed by atoms with Gasteiger partial charge in [-0.1, -0.05) is 42.9 Å². The fourth-order valence-electron chi connectivity index (χ4n) is 6.01. The van der Waals surface area contributed by atoms with Gasteiger partial charge in [-0.15, -0.1) is 6.58 Å². The molecule has 1 atom stereocenters. The van der Waals surface area contributed by atoms with Gasteiger partial charge in [-0.05, 0) is 117 Å². The molecule has 4 rings (SSSR count). The molecule has 2 aliphatic rings. The number of hydrogen-bond acceptors (Lipinski definition) is 1. The van der Waals surface area contributed by atoms with Gasteiger partial charge in [-0.25, -0.2) is 0 Å². The third-order valence-corrected chi connectivity index (χ3v) is 8.19. The predicted molar refractivity (Wildman–Crippen MR) is 140 cm³/mol. The summed E-state index contributed by atoms with van der Waals surface area (Å²) < 4.78 is 54.1. The van der Waals surface area contributed by atoms with Crippen LogP contribution in [-0.4, -0.2) is 12.5 Å². The normalized spacial score (nSPS) is 25.0. The minimum absolute atomic E-state index is 0.189. The number of ether oxygens (including phenoxy) is 1. The maximum Gasteiger partial charge on any atom is 0.457 e. The van der Waals surface area contributed by atoms with Crippen LogP contribution < -0.4 is 4.74 Å². The Kier molecular flexibility index (Phi) is 9.35. The number of benzene rings is 2. The molecule has 0 heterocycles. The second kappa shape index (κ2) is 12.7. The predicted octanol–water partition coefficient (Wildman–Crippen LogP) is 9.37. The highest BCUT2D eigenvalue weighted by Gasteiger charge is 2.42. The Labute approximate surface area is 218 Å².